The van der Waals surface area contributed by atoms with E-state index in [1.54, 1.807) is 53.8 Å². The van der Waals surface area contributed by atoms with Gasteiger partial charge in [-0.15, -0.1) is 6.58 Å². The second-order valence-corrected chi connectivity index (χ2v) is 9.37. The monoisotopic (exact) mass is 473 g/mol. The molecule has 180 valence electrons. The van der Waals surface area contributed by atoms with E-state index in [2.05, 4.69) is 39.3 Å². The second kappa shape index (κ2) is 9.07. The molecule has 0 saturated heterocycles. The largest absolute Gasteiger partial charge is 0.324 e. The average Bonchev–Trinajstić information content (AvgIpc) is 3.15. The predicted molar refractivity (Wildman–Crippen MR) is 135 cm³/mol. The number of nitrogens with zero attached hydrogens (tertiary/aromatic N) is 5. The number of pyridine rings is 1. The Morgan fingerprint density at radius 2 is 2.09 bits per heavy atom. The number of allylic oxidation sites excluding steroid dienone is 1. The Hall–Kier alpha value is -3.85. The van der Waals surface area contributed by atoms with Crippen LogP contribution in [0.4, 0.5) is 16.0 Å². The van der Waals surface area contributed by atoms with Crippen LogP contribution >= 0.6 is 0 Å². The zero-order valence-corrected chi connectivity index (χ0v) is 19.9. The lowest BCUT2D eigenvalue weighted by Crippen LogP contribution is -2.24. The molecular weight excluding hydrogens is 445 g/mol. The molecule has 35 heavy (non-hydrogen) atoms. The summed E-state index contributed by atoms with van der Waals surface area (Å²) >= 11 is 0. The van der Waals surface area contributed by atoms with Crippen molar-refractivity contribution >= 4 is 22.7 Å². The van der Waals surface area contributed by atoms with Gasteiger partial charge in [0.05, 0.1) is 17.9 Å². The van der Waals surface area contributed by atoms with Crippen LogP contribution in [-0.2, 0) is 24.9 Å². The van der Waals surface area contributed by atoms with Gasteiger partial charge in [0, 0.05) is 30.0 Å². The average molecular weight is 474 g/mol. The molecule has 0 radical (unpaired) electrons. The van der Waals surface area contributed by atoms with Crippen LogP contribution < -0.4 is 16.2 Å². The first-order valence-corrected chi connectivity index (χ1v) is 11.6. The molecule has 8 nitrogen and oxygen atoms in total. The highest BCUT2D eigenvalue weighted by molar-refractivity contribution is 5.77. The molecule has 9 heteroatoms. The zero-order valence-electron chi connectivity index (χ0n) is 19.9. The topological polar surface area (TPSA) is 89.7 Å². The van der Waals surface area contributed by atoms with Crippen LogP contribution in [0.2, 0.25) is 0 Å². The van der Waals surface area contributed by atoms with Crippen LogP contribution in [0.25, 0.3) is 16.7 Å². The highest BCUT2D eigenvalue weighted by Crippen LogP contribution is 2.26. The van der Waals surface area contributed by atoms with Crippen molar-refractivity contribution in [2.45, 2.75) is 38.8 Å². The maximum absolute atomic E-state index is 13.7. The molecule has 0 fully saturated rings. The van der Waals surface area contributed by atoms with Crippen LogP contribution in [0.15, 0.2) is 60.2 Å². The quantitative estimate of drug-likeness (QED) is 0.397. The van der Waals surface area contributed by atoms with E-state index >= 15 is 0 Å². The van der Waals surface area contributed by atoms with Crippen molar-refractivity contribution in [2.24, 2.45) is 0 Å². The van der Waals surface area contributed by atoms with E-state index in [0.717, 1.165) is 25.2 Å². The summed E-state index contributed by atoms with van der Waals surface area (Å²) in [5.74, 6) is 0.384. The summed E-state index contributed by atoms with van der Waals surface area (Å²) in [6.07, 6.45) is 5.78. The number of alkyl halides is 1. The normalized spacial score (nSPS) is 13.6. The lowest BCUT2D eigenvalue weighted by molar-refractivity contribution is 0.344. The molecule has 0 atom stereocenters. The van der Waals surface area contributed by atoms with Gasteiger partial charge >= 0.3 is 0 Å². The number of rotatable bonds is 7. The van der Waals surface area contributed by atoms with Gasteiger partial charge in [-0.25, -0.2) is 14.3 Å². The lowest BCUT2D eigenvalue weighted by Gasteiger charge is -2.21. The molecule has 0 bridgehead atoms. The van der Waals surface area contributed by atoms with E-state index < -0.39 is 12.1 Å². The second-order valence-electron chi connectivity index (χ2n) is 9.37. The molecule has 4 aromatic rings. The lowest BCUT2D eigenvalue weighted by atomic mass is 9.90. The number of hydrogen-bond acceptors (Lipinski definition) is 6. The van der Waals surface area contributed by atoms with E-state index in [1.807, 2.05) is 6.07 Å². The first-order valence-electron chi connectivity index (χ1n) is 11.6. The van der Waals surface area contributed by atoms with Crippen molar-refractivity contribution in [3.8, 4) is 5.69 Å². The molecule has 0 amide bonds. The molecule has 0 spiro atoms. The van der Waals surface area contributed by atoms with E-state index in [1.165, 1.54) is 11.1 Å². The van der Waals surface area contributed by atoms with Crippen LogP contribution in [0.5, 0.6) is 0 Å². The van der Waals surface area contributed by atoms with Crippen LogP contribution in [0.1, 0.15) is 30.7 Å². The molecule has 0 unspecified atom stereocenters. The zero-order chi connectivity index (χ0) is 24.6. The first kappa shape index (κ1) is 22.9. The Balaban J connectivity index is 1.61. The van der Waals surface area contributed by atoms with Gasteiger partial charge in [-0.05, 0) is 48.4 Å². The molecule has 4 heterocycles. The van der Waals surface area contributed by atoms with Crippen molar-refractivity contribution in [1.29, 1.82) is 0 Å². The summed E-state index contributed by atoms with van der Waals surface area (Å²) in [7, 11) is 0. The number of benzene rings is 1. The van der Waals surface area contributed by atoms with Gasteiger partial charge in [-0.2, -0.15) is 4.98 Å². The van der Waals surface area contributed by atoms with Gasteiger partial charge in [-0.3, -0.25) is 14.2 Å². The summed E-state index contributed by atoms with van der Waals surface area (Å²) in [5, 5.41) is 7.04. The van der Waals surface area contributed by atoms with E-state index in [0.29, 0.717) is 28.4 Å². The van der Waals surface area contributed by atoms with Crippen molar-refractivity contribution in [3.63, 3.8) is 0 Å². The minimum atomic E-state index is -0.758. The van der Waals surface area contributed by atoms with Crippen LogP contribution in [0.3, 0.4) is 0 Å². The van der Waals surface area contributed by atoms with Gasteiger partial charge in [0.25, 0.3) is 5.56 Å². The number of halogens is 1. The molecule has 1 aliphatic heterocycles. The Morgan fingerprint density at radius 3 is 2.89 bits per heavy atom. The predicted octanol–water partition coefficient (Wildman–Crippen LogP) is 3.80. The first-order chi connectivity index (χ1) is 16.9. The number of aromatic nitrogens is 5. The Morgan fingerprint density at radius 1 is 1.23 bits per heavy atom. The van der Waals surface area contributed by atoms with Crippen molar-refractivity contribution < 1.29 is 4.39 Å². The van der Waals surface area contributed by atoms with Gasteiger partial charge in [0.1, 0.15) is 12.1 Å². The summed E-state index contributed by atoms with van der Waals surface area (Å²) in [5.41, 5.74) is 4.20. The van der Waals surface area contributed by atoms with Gasteiger partial charge in [-0.1, -0.05) is 26.0 Å². The SMILES string of the molecule is C=CCn1c(=O)c2cnc(Nc3ccc4c(c3)CCNC4)nc2n1-c1ccnc(C(C)(C)CF)c1. The number of nitrogens with one attached hydrogen (secondary N) is 2. The number of fused-ring (bicyclic) bond motifs is 2. The Labute approximate surface area is 202 Å². The third kappa shape index (κ3) is 4.23. The Kier molecular flexibility index (Phi) is 5.94. The smallest absolute Gasteiger partial charge is 0.278 e. The fourth-order valence-electron chi connectivity index (χ4n) is 4.31. The molecule has 1 aliphatic rings. The minimum absolute atomic E-state index is 0.226. The summed E-state index contributed by atoms with van der Waals surface area (Å²) in [6, 6.07) is 9.80. The van der Waals surface area contributed by atoms with Gasteiger partial charge in [0.15, 0.2) is 5.65 Å². The Bertz CT molecular complexity index is 1470. The van der Waals surface area contributed by atoms with Crippen molar-refractivity contribution in [2.75, 3.05) is 18.5 Å². The molecule has 2 N–H and O–H groups in total. The fraction of sp³-hybridized carbons (Fsp3) is 0.308. The highest BCUT2D eigenvalue weighted by Gasteiger charge is 2.24. The van der Waals surface area contributed by atoms with E-state index in [-0.39, 0.29) is 12.1 Å². The van der Waals surface area contributed by atoms with Gasteiger partial charge < -0.3 is 10.6 Å². The summed E-state index contributed by atoms with van der Waals surface area (Å²) in [6.45, 7) is 8.93. The van der Waals surface area contributed by atoms with E-state index in [4.69, 9.17) is 4.98 Å². The molecule has 0 saturated carbocycles. The maximum atomic E-state index is 13.7. The third-order valence-electron chi connectivity index (χ3n) is 6.34. The summed E-state index contributed by atoms with van der Waals surface area (Å²) < 4.78 is 16.9. The number of anilines is 2. The molecule has 3 aromatic heterocycles. The fourth-order valence-corrected chi connectivity index (χ4v) is 4.31. The third-order valence-corrected chi connectivity index (χ3v) is 6.34. The van der Waals surface area contributed by atoms with Crippen LogP contribution in [0, 0.1) is 0 Å². The number of hydrogen-bond donors (Lipinski definition) is 2. The standard InChI is InChI=1S/C26H28FN7O/c1-4-11-33-24(35)21-15-30-25(31-19-6-5-18-14-28-9-7-17(18)12-19)32-23(21)34(33)20-8-10-29-22(13-20)26(2,3)16-27/h4-6,8,10,12-13,15,28H,1,7,9,11,14,16H2,2-3H3,(H,30,31,32). The van der Waals surface area contributed by atoms with Crippen LogP contribution in [-0.4, -0.2) is 37.5 Å². The molecule has 5 rings (SSSR count). The highest BCUT2D eigenvalue weighted by atomic mass is 19.1. The van der Waals surface area contributed by atoms with Crippen molar-refractivity contribution in [1.82, 2.24) is 29.6 Å². The minimum Gasteiger partial charge on any atom is -0.324 e. The van der Waals surface area contributed by atoms with Gasteiger partial charge in [0.2, 0.25) is 5.95 Å². The molecule has 0 aliphatic carbocycles. The maximum Gasteiger partial charge on any atom is 0.278 e. The molecule has 1 aromatic carbocycles. The van der Waals surface area contributed by atoms with E-state index in [9.17, 15) is 9.18 Å². The summed E-state index contributed by atoms with van der Waals surface area (Å²) in [4.78, 5) is 26.7. The molecular formula is C26H28FN7O. The van der Waals surface area contributed by atoms with Crippen molar-refractivity contribution in [3.05, 3.63) is 82.6 Å².